The third-order valence-corrected chi connectivity index (χ3v) is 12.5. The highest BCUT2D eigenvalue weighted by Crippen LogP contribution is 2.67. The van der Waals surface area contributed by atoms with Crippen LogP contribution in [0.25, 0.3) is 11.0 Å². The van der Waals surface area contributed by atoms with Crippen molar-refractivity contribution >= 4 is 50.8 Å². The van der Waals surface area contributed by atoms with Crippen molar-refractivity contribution in [1.29, 1.82) is 0 Å². The lowest BCUT2D eigenvalue weighted by atomic mass is 9.39. The number of Topliss-reactive ketones (excluding diaryl/α,β-unsaturated/α-hetero) is 1. The normalized spacial score (nSPS) is 32.0. The van der Waals surface area contributed by atoms with E-state index in [9.17, 15) is 34.2 Å². The third-order valence-electron chi connectivity index (χ3n) is 11.8. The van der Waals surface area contributed by atoms with Gasteiger partial charge in [-0.15, -0.1) is 6.58 Å². The van der Waals surface area contributed by atoms with Crippen molar-refractivity contribution in [3.8, 4) is 5.75 Å². The van der Waals surface area contributed by atoms with Crippen LogP contribution in [0.5, 0.6) is 5.75 Å². The van der Waals surface area contributed by atoms with Crippen LogP contribution in [0.2, 0.25) is 0 Å². The maximum absolute atomic E-state index is 14.2. The summed E-state index contributed by atoms with van der Waals surface area (Å²) in [6.07, 6.45) is -3.90. The molecule has 1 aromatic heterocycles. The van der Waals surface area contributed by atoms with Gasteiger partial charge in [0.05, 0.1) is 16.2 Å². The molecule has 2 saturated carbocycles. The number of carbonyl (C=O) groups is 4. The second-order valence-electron chi connectivity index (χ2n) is 16.1. The summed E-state index contributed by atoms with van der Waals surface area (Å²) in [5.74, 6) is -1.92. The van der Waals surface area contributed by atoms with Crippen molar-refractivity contribution < 1.29 is 62.2 Å². The number of benzene rings is 1. The molecular weight excluding hydrogens is 800 g/mol. The molecule has 0 spiro atoms. The monoisotopic (exact) mass is 850 g/mol. The predicted octanol–water partition coefficient (Wildman–Crippen LogP) is 4.37. The summed E-state index contributed by atoms with van der Waals surface area (Å²) >= 11 is 3.42. The molecule has 3 fully saturated rings. The summed E-state index contributed by atoms with van der Waals surface area (Å²) in [5, 5.41) is 27.5. The van der Waals surface area contributed by atoms with Crippen LogP contribution in [0, 0.1) is 16.7 Å². The van der Waals surface area contributed by atoms with Gasteiger partial charge in [0.15, 0.2) is 24.3 Å². The molecule has 0 bridgehead atoms. The number of esters is 1. The maximum Gasteiger partial charge on any atom is 0.409 e. The minimum atomic E-state index is -2.38. The van der Waals surface area contributed by atoms with Gasteiger partial charge in [0.1, 0.15) is 29.6 Å². The molecule has 8 unspecified atom stereocenters. The number of hydrogen-bond acceptors (Lipinski definition) is 14. The van der Waals surface area contributed by atoms with Gasteiger partial charge in [-0.1, -0.05) is 26.8 Å². The molecule has 2 amide bonds. The Kier molecular flexibility index (Phi) is 12.1. The van der Waals surface area contributed by atoms with Gasteiger partial charge in [-0.3, -0.25) is 9.59 Å². The van der Waals surface area contributed by atoms with Crippen LogP contribution in [0.1, 0.15) is 66.4 Å². The highest BCUT2D eigenvalue weighted by atomic mass is 79.9. The Labute approximate surface area is 332 Å². The Morgan fingerprint density at radius 3 is 2.46 bits per heavy atom. The summed E-state index contributed by atoms with van der Waals surface area (Å²) < 4.78 is 40.2. The number of methoxy groups -OCH3 is 1. The first-order chi connectivity index (χ1) is 26.1. The highest BCUT2D eigenvalue weighted by Gasteiger charge is 2.82. The average molecular weight is 852 g/mol. The quantitative estimate of drug-likeness (QED) is 0.0943. The third kappa shape index (κ3) is 7.43. The van der Waals surface area contributed by atoms with Crippen LogP contribution in [0.4, 0.5) is 9.59 Å². The first kappa shape index (κ1) is 43.1. The van der Waals surface area contributed by atoms with Gasteiger partial charge < -0.3 is 53.3 Å². The molecule has 0 radical (unpaired) electrons. The number of aliphatic hydroxyl groups excluding tert-OH is 1. The Morgan fingerprint density at radius 2 is 1.82 bits per heavy atom. The van der Waals surface area contributed by atoms with Gasteiger partial charge in [-0.2, -0.15) is 0 Å². The van der Waals surface area contributed by atoms with Crippen LogP contribution >= 0.6 is 15.9 Å². The molecule has 3 N–H and O–H groups in total. The topological polar surface area (TPSA) is 210 Å². The fraction of sp³-hybridized carbons (Fsp3) is 0.615. The Balaban J connectivity index is 1.32. The van der Waals surface area contributed by atoms with Crippen molar-refractivity contribution in [3.05, 3.63) is 51.3 Å². The minimum Gasteiger partial charge on any atom is -0.466 e. The zero-order valence-corrected chi connectivity index (χ0v) is 34.5. The van der Waals surface area contributed by atoms with Crippen LogP contribution < -0.4 is 15.7 Å². The lowest BCUT2D eigenvalue weighted by Crippen LogP contribution is -2.87. The van der Waals surface area contributed by atoms with Crippen molar-refractivity contribution in [1.82, 2.24) is 10.2 Å². The van der Waals surface area contributed by atoms with E-state index in [0.29, 0.717) is 27.6 Å². The van der Waals surface area contributed by atoms with Gasteiger partial charge in [0, 0.05) is 75.0 Å². The van der Waals surface area contributed by atoms with E-state index in [1.165, 1.54) is 44.2 Å². The first-order valence-electron chi connectivity index (χ1n) is 18.2. The number of likely N-dealkylation sites (N-methyl/N-ethyl adjacent to an activating group) is 1. The molecule has 5 rings (SSSR count). The first-order valence-corrected chi connectivity index (χ1v) is 19.0. The highest BCUT2D eigenvalue weighted by molar-refractivity contribution is 9.10. The van der Waals surface area contributed by atoms with E-state index >= 15 is 0 Å². The fourth-order valence-electron chi connectivity index (χ4n) is 9.15. The number of nitrogens with one attached hydrogen (secondary N) is 1. The minimum absolute atomic E-state index is 0.0290. The van der Waals surface area contributed by atoms with Crippen LogP contribution in [0.15, 0.2) is 44.5 Å². The summed E-state index contributed by atoms with van der Waals surface area (Å²) in [4.78, 5) is 67.0. The molecule has 1 saturated heterocycles. The van der Waals surface area contributed by atoms with E-state index in [1.54, 1.807) is 19.9 Å². The second-order valence-corrected chi connectivity index (χ2v) is 16.9. The molecule has 16 nitrogen and oxygen atoms in total. The molecule has 56 heavy (non-hydrogen) atoms. The fourth-order valence-corrected chi connectivity index (χ4v) is 9.61. The van der Waals surface area contributed by atoms with Crippen molar-refractivity contribution in [2.24, 2.45) is 16.7 Å². The van der Waals surface area contributed by atoms with Crippen molar-refractivity contribution in [2.45, 2.75) is 103 Å². The predicted molar refractivity (Wildman–Crippen MR) is 203 cm³/mol. The van der Waals surface area contributed by atoms with Gasteiger partial charge in [-0.05, 0) is 54.1 Å². The lowest BCUT2D eigenvalue weighted by Gasteiger charge is -2.71. The van der Waals surface area contributed by atoms with Crippen molar-refractivity contribution in [3.63, 3.8) is 0 Å². The molecule has 2 aliphatic carbocycles. The van der Waals surface area contributed by atoms with Gasteiger partial charge in [0.2, 0.25) is 0 Å². The number of fused-ring (bicyclic) bond motifs is 4. The molecule has 2 heterocycles. The molecule has 3 aliphatic rings. The van der Waals surface area contributed by atoms with Crippen molar-refractivity contribution in [2.75, 3.05) is 34.0 Å². The number of amides is 2. The molecular formula is C39H51BrN2O14. The van der Waals surface area contributed by atoms with Gasteiger partial charge >= 0.3 is 23.8 Å². The molecule has 1 aromatic carbocycles. The van der Waals surface area contributed by atoms with E-state index < -0.39 is 81.4 Å². The maximum atomic E-state index is 14.2. The number of ether oxygens (including phenoxy) is 6. The average Bonchev–Trinajstić information content (AvgIpc) is 3.11. The number of nitrogens with zero attached hydrogens (tertiary/aromatic N) is 1. The summed E-state index contributed by atoms with van der Waals surface area (Å²) in [7, 11) is 2.92. The van der Waals surface area contributed by atoms with Crippen LogP contribution in [-0.4, -0.2) is 108 Å². The van der Waals surface area contributed by atoms with E-state index in [4.69, 9.17) is 32.8 Å². The number of aliphatic hydroxyl groups is 2. The Morgan fingerprint density at radius 1 is 1.12 bits per heavy atom. The van der Waals surface area contributed by atoms with Crippen LogP contribution in [0.3, 0.4) is 0 Å². The number of alkyl carbamates (subject to hydrolysis) is 1. The van der Waals surface area contributed by atoms with Gasteiger partial charge in [-0.25, -0.2) is 14.4 Å². The number of carbonyl (C=O) groups excluding carboxylic acids is 4. The smallest absolute Gasteiger partial charge is 0.409 e. The van der Waals surface area contributed by atoms with E-state index in [-0.39, 0.29) is 44.9 Å². The lowest BCUT2D eigenvalue weighted by molar-refractivity contribution is -0.369. The molecule has 8 atom stereocenters. The number of rotatable bonds is 11. The van der Waals surface area contributed by atoms with E-state index in [0.717, 1.165) is 6.92 Å². The Hall–Kier alpha value is -4.03. The molecule has 308 valence electrons. The molecule has 1 aliphatic heterocycles. The van der Waals surface area contributed by atoms with E-state index in [2.05, 4.69) is 27.8 Å². The SMILES string of the molecule is C=CC1(C)CC(=O)C2(O)C(C)(O1)C(OC(C)=O)C(OC(=O)NCCN(C)C(=O)OCc1cc(=O)oc3cc(OCOC)c(Br)cc13)C1C(C)(C)CCC(O)C12C. The van der Waals surface area contributed by atoms with Crippen LogP contribution in [-0.2, 0) is 39.9 Å². The summed E-state index contributed by atoms with van der Waals surface area (Å²) in [5.41, 5.74) is -8.12. The molecule has 17 heteroatoms. The number of hydrogen-bond donors (Lipinski definition) is 3. The Bertz CT molecular complexity index is 1950. The summed E-state index contributed by atoms with van der Waals surface area (Å²) in [6.45, 7) is 12.9. The standard InChI is InChI=1S/C39H51BrN2O14/c1-10-36(5)18-28(45)39(49)37(6)27(44)11-12-35(3,4)31(37)30(32(53-21(2)43)38(39,7)56-36)55-33(47)41-13-14-42(8)34(48)51-19-22-15-29(46)54-25-17-26(52-20-50-9)24(40)16-23(22)25/h10,15-17,27,30-32,44,49H,1,11-14,18-20H2,2-9H3,(H,41,47). The zero-order chi connectivity index (χ0) is 41.6. The number of halogens is 1. The number of ketones is 1. The summed E-state index contributed by atoms with van der Waals surface area (Å²) in [6, 6.07) is 4.40. The molecule has 2 aromatic rings. The zero-order valence-electron chi connectivity index (χ0n) is 32.9. The largest absolute Gasteiger partial charge is 0.466 e. The second kappa shape index (κ2) is 15.7. The van der Waals surface area contributed by atoms with E-state index in [1.807, 2.05) is 13.8 Å². The van der Waals surface area contributed by atoms with Gasteiger partial charge in [0.25, 0.3) is 0 Å².